The van der Waals surface area contributed by atoms with Gasteiger partial charge in [0.15, 0.2) is 0 Å². The molecule has 2 aliphatic rings. The molecule has 2 aliphatic carbocycles. The molecule has 1 nitrogen and oxygen atoms in total. The van der Waals surface area contributed by atoms with Gasteiger partial charge in [0.05, 0.1) is 0 Å². The Kier molecular flexibility index (Phi) is 3.86. The van der Waals surface area contributed by atoms with Crippen LogP contribution in [-0.4, -0.2) is 12.6 Å². The van der Waals surface area contributed by atoms with Crippen molar-refractivity contribution < 1.29 is 0 Å². The highest BCUT2D eigenvalue weighted by Gasteiger charge is 2.29. The van der Waals surface area contributed by atoms with Crippen LogP contribution >= 0.6 is 0 Å². The average Bonchev–Trinajstić information content (AvgIpc) is 3.05. The SMILES string of the molecule is CCC(NCC1CCCCC1)C1CC1. The van der Waals surface area contributed by atoms with Gasteiger partial charge in [0.1, 0.15) is 0 Å². The topological polar surface area (TPSA) is 12.0 Å². The van der Waals surface area contributed by atoms with Gasteiger partial charge in [0, 0.05) is 6.04 Å². The highest BCUT2D eigenvalue weighted by molar-refractivity contribution is 4.86. The maximum atomic E-state index is 3.80. The van der Waals surface area contributed by atoms with E-state index < -0.39 is 0 Å². The summed E-state index contributed by atoms with van der Waals surface area (Å²) in [6, 6.07) is 0.844. The van der Waals surface area contributed by atoms with Crippen molar-refractivity contribution in [1.82, 2.24) is 5.32 Å². The van der Waals surface area contributed by atoms with Crippen molar-refractivity contribution in [2.24, 2.45) is 11.8 Å². The standard InChI is InChI=1S/C13H25N/c1-2-13(12-8-9-12)14-10-11-6-4-3-5-7-11/h11-14H,2-10H2,1H3. The van der Waals surface area contributed by atoms with Crippen LogP contribution < -0.4 is 5.32 Å². The van der Waals surface area contributed by atoms with Gasteiger partial charge in [-0.15, -0.1) is 0 Å². The summed E-state index contributed by atoms with van der Waals surface area (Å²) < 4.78 is 0. The van der Waals surface area contributed by atoms with E-state index in [9.17, 15) is 0 Å². The molecule has 2 saturated carbocycles. The molecule has 0 spiro atoms. The van der Waals surface area contributed by atoms with Crippen molar-refractivity contribution in [3.8, 4) is 0 Å². The number of hydrogen-bond acceptors (Lipinski definition) is 1. The van der Waals surface area contributed by atoms with Crippen molar-refractivity contribution in [3.05, 3.63) is 0 Å². The van der Waals surface area contributed by atoms with Crippen molar-refractivity contribution in [1.29, 1.82) is 0 Å². The van der Waals surface area contributed by atoms with E-state index in [2.05, 4.69) is 12.2 Å². The molecular formula is C13H25N. The zero-order chi connectivity index (χ0) is 9.80. The molecule has 0 amide bonds. The fourth-order valence-corrected chi connectivity index (χ4v) is 2.85. The number of hydrogen-bond donors (Lipinski definition) is 1. The van der Waals surface area contributed by atoms with Crippen molar-refractivity contribution in [2.75, 3.05) is 6.54 Å². The predicted molar refractivity (Wildman–Crippen MR) is 61.4 cm³/mol. The van der Waals surface area contributed by atoms with Crippen LogP contribution in [0.1, 0.15) is 58.3 Å². The number of nitrogens with one attached hydrogen (secondary N) is 1. The summed E-state index contributed by atoms with van der Waals surface area (Å²) >= 11 is 0. The summed E-state index contributed by atoms with van der Waals surface area (Å²) in [4.78, 5) is 0. The van der Waals surface area contributed by atoms with Gasteiger partial charge in [-0.3, -0.25) is 0 Å². The first-order chi connectivity index (χ1) is 6.90. The van der Waals surface area contributed by atoms with E-state index in [1.165, 1.54) is 57.9 Å². The Bertz CT molecular complexity index is 157. The van der Waals surface area contributed by atoms with Gasteiger partial charge >= 0.3 is 0 Å². The summed E-state index contributed by atoms with van der Waals surface area (Å²) in [6.07, 6.45) is 11.7. The Morgan fingerprint density at radius 1 is 1.07 bits per heavy atom. The largest absolute Gasteiger partial charge is 0.313 e. The molecule has 82 valence electrons. The van der Waals surface area contributed by atoms with E-state index in [-0.39, 0.29) is 0 Å². The van der Waals surface area contributed by atoms with E-state index in [0.717, 1.165) is 17.9 Å². The first-order valence-electron chi connectivity index (χ1n) is 6.63. The molecule has 0 radical (unpaired) electrons. The van der Waals surface area contributed by atoms with Crippen LogP contribution in [0.5, 0.6) is 0 Å². The third-order valence-corrected chi connectivity index (χ3v) is 4.02. The first kappa shape index (κ1) is 10.5. The lowest BCUT2D eigenvalue weighted by atomic mass is 9.89. The van der Waals surface area contributed by atoms with Crippen LogP contribution in [0, 0.1) is 11.8 Å². The van der Waals surface area contributed by atoms with E-state index >= 15 is 0 Å². The Hall–Kier alpha value is -0.0400. The second-order valence-electron chi connectivity index (χ2n) is 5.26. The van der Waals surface area contributed by atoms with E-state index in [0.29, 0.717) is 0 Å². The minimum atomic E-state index is 0.844. The molecular weight excluding hydrogens is 170 g/mol. The molecule has 0 aromatic carbocycles. The smallest absolute Gasteiger partial charge is 0.00928 e. The third-order valence-electron chi connectivity index (χ3n) is 4.02. The molecule has 1 atom stereocenters. The van der Waals surface area contributed by atoms with Crippen LogP contribution in [0.25, 0.3) is 0 Å². The van der Waals surface area contributed by atoms with Gasteiger partial charge in [-0.25, -0.2) is 0 Å². The molecule has 0 heterocycles. The average molecular weight is 195 g/mol. The summed E-state index contributed by atoms with van der Waals surface area (Å²) in [7, 11) is 0. The van der Waals surface area contributed by atoms with E-state index in [1.54, 1.807) is 0 Å². The fraction of sp³-hybridized carbons (Fsp3) is 1.00. The van der Waals surface area contributed by atoms with Gasteiger partial charge in [-0.2, -0.15) is 0 Å². The van der Waals surface area contributed by atoms with Crippen molar-refractivity contribution in [3.63, 3.8) is 0 Å². The second kappa shape index (κ2) is 5.16. The molecule has 1 unspecified atom stereocenters. The van der Waals surface area contributed by atoms with Gasteiger partial charge in [-0.1, -0.05) is 26.2 Å². The quantitative estimate of drug-likeness (QED) is 0.709. The normalized spacial score (nSPS) is 26.4. The molecule has 0 aromatic heterocycles. The van der Waals surface area contributed by atoms with Crippen LogP contribution in [-0.2, 0) is 0 Å². The summed E-state index contributed by atoms with van der Waals surface area (Å²) in [5.41, 5.74) is 0. The third kappa shape index (κ3) is 2.98. The maximum Gasteiger partial charge on any atom is 0.00928 e. The van der Waals surface area contributed by atoms with Crippen LogP contribution in [0.2, 0.25) is 0 Å². The monoisotopic (exact) mass is 195 g/mol. The molecule has 14 heavy (non-hydrogen) atoms. The Labute approximate surface area is 88.7 Å². The van der Waals surface area contributed by atoms with Crippen LogP contribution in [0.3, 0.4) is 0 Å². The highest BCUT2D eigenvalue weighted by Crippen LogP contribution is 2.34. The molecule has 0 saturated heterocycles. The van der Waals surface area contributed by atoms with Gasteiger partial charge in [0.25, 0.3) is 0 Å². The van der Waals surface area contributed by atoms with Gasteiger partial charge in [-0.05, 0) is 50.5 Å². The Balaban J connectivity index is 1.63. The number of rotatable bonds is 5. The minimum Gasteiger partial charge on any atom is -0.313 e. The molecule has 0 aliphatic heterocycles. The Morgan fingerprint density at radius 2 is 1.79 bits per heavy atom. The zero-order valence-corrected chi connectivity index (χ0v) is 9.60. The summed E-state index contributed by atoms with van der Waals surface area (Å²) in [5.74, 6) is 2.03. The highest BCUT2D eigenvalue weighted by atomic mass is 14.9. The van der Waals surface area contributed by atoms with Gasteiger partial charge in [0.2, 0.25) is 0 Å². The predicted octanol–water partition coefficient (Wildman–Crippen LogP) is 3.34. The van der Waals surface area contributed by atoms with E-state index in [1.807, 2.05) is 0 Å². The van der Waals surface area contributed by atoms with Crippen molar-refractivity contribution in [2.45, 2.75) is 64.3 Å². The Morgan fingerprint density at radius 3 is 2.36 bits per heavy atom. The first-order valence-corrected chi connectivity index (χ1v) is 6.63. The molecule has 0 bridgehead atoms. The molecule has 0 aromatic rings. The van der Waals surface area contributed by atoms with Gasteiger partial charge < -0.3 is 5.32 Å². The summed E-state index contributed by atoms with van der Waals surface area (Å²) in [5, 5.41) is 3.80. The molecule has 2 fully saturated rings. The maximum absolute atomic E-state index is 3.80. The molecule has 1 N–H and O–H groups in total. The zero-order valence-electron chi connectivity index (χ0n) is 9.60. The lowest BCUT2D eigenvalue weighted by Gasteiger charge is -2.25. The van der Waals surface area contributed by atoms with Crippen LogP contribution in [0.4, 0.5) is 0 Å². The minimum absolute atomic E-state index is 0.844. The van der Waals surface area contributed by atoms with Crippen LogP contribution in [0.15, 0.2) is 0 Å². The molecule has 1 heteroatoms. The second-order valence-corrected chi connectivity index (χ2v) is 5.26. The lowest BCUT2D eigenvalue weighted by molar-refractivity contribution is 0.316. The van der Waals surface area contributed by atoms with E-state index in [4.69, 9.17) is 0 Å². The summed E-state index contributed by atoms with van der Waals surface area (Å²) in [6.45, 7) is 3.63. The molecule has 2 rings (SSSR count). The fourth-order valence-electron chi connectivity index (χ4n) is 2.85. The lowest BCUT2D eigenvalue weighted by Crippen LogP contribution is -2.35. The van der Waals surface area contributed by atoms with Crippen molar-refractivity contribution >= 4 is 0 Å².